The number of fused-ring (bicyclic) bond motifs is 5. The van der Waals surface area contributed by atoms with Gasteiger partial charge in [-0.25, -0.2) is 0 Å². The SMILES string of the molecule is COc1ccc2c(c1)[C@@H](O)C[C@@H]1[C@@H]2CC[C@]2(C)[C@@H](O)CC[C@@H]12. The van der Waals surface area contributed by atoms with E-state index in [1.54, 1.807) is 7.11 Å². The first-order valence-electron chi connectivity index (χ1n) is 8.58. The molecule has 2 saturated carbocycles. The molecule has 6 atom stereocenters. The number of rotatable bonds is 1. The van der Waals surface area contributed by atoms with Crippen molar-refractivity contribution in [2.45, 2.75) is 57.2 Å². The summed E-state index contributed by atoms with van der Waals surface area (Å²) in [6, 6.07) is 6.18. The zero-order valence-electron chi connectivity index (χ0n) is 13.5. The van der Waals surface area contributed by atoms with Crippen molar-refractivity contribution in [3.63, 3.8) is 0 Å². The molecule has 1 aromatic carbocycles. The molecule has 120 valence electrons. The Balaban J connectivity index is 1.73. The Labute approximate surface area is 132 Å². The summed E-state index contributed by atoms with van der Waals surface area (Å²) in [6.07, 6.45) is 4.53. The van der Waals surface area contributed by atoms with Crippen LogP contribution in [0, 0.1) is 17.3 Å². The van der Waals surface area contributed by atoms with Crippen molar-refractivity contribution in [1.29, 1.82) is 0 Å². The van der Waals surface area contributed by atoms with Crippen LogP contribution < -0.4 is 4.74 Å². The third kappa shape index (κ3) is 1.88. The van der Waals surface area contributed by atoms with E-state index in [1.807, 2.05) is 12.1 Å². The van der Waals surface area contributed by atoms with E-state index in [1.165, 1.54) is 5.56 Å². The lowest BCUT2D eigenvalue weighted by molar-refractivity contribution is -0.0372. The highest BCUT2D eigenvalue weighted by molar-refractivity contribution is 5.42. The summed E-state index contributed by atoms with van der Waals surface area (Å²) in [6.45, 7) is 2.27. The predicted octanol–water partition coefficient (Wildman–Crippen LogP) is 3.40. The van der Waals surface area contributed by atoms with E-state index in [9.17, 15) is 10.2 Å². The normalized spacial score (nSPS) is 43.2. The molecule has 0 spiro atoms. The Hall–Kier alpha value is -1.06. The Morgan fingerprint density at radius 3 is 2.73 bits per heavy atom. The maximum atomic E-state index is 10.7. The largest absolute Gasteiger partial charge is 0.497 e. The molecular formula is C19H26O3. The summed E-state index contributed by atoms with van der Waals surface area (Å²) in [5.41, 5.74) is 2.43. The van der Waals surface area contributed by atoms with Crippen LogP contribution in [0.3, 0.4) is 0 Å². The van der Waals surface area contributed by atoms with Crippen molar-refractivity contribution >= 4 is 0 Å². The maximum Gasteiger partial charge on any atom is 0.119 e. The van der Waals surface area contributed by atoms with Crippen LogP contribution in [0.4, 0.5) is 0 Å². The van der Waals surface area contributed by atoms with Crippen LogP contribution in [-0.4, -0.2) is 23.4 Å². The van der Waals surface area contributed by atoms with Crippen molar-refractivity contribution in [2.24, 2.45) is 17.3 Å². The van der Waals surface area contributed by atoms with Gasteiger partial charge in [-0.2, -0.15) is 0 Å². The predicted molar refractivity (Wildman–Crippen MR) is 84.9 cm³/mol. The van der Waals surface area contributed by atoms with E-state index in [0.717, 1.165) is 43.4 Å². The summed E-state index contributed by atoms with van der Waals surface area (Å²) in [5, 5.41) is 21.1. The van der Waals surface area contributed by atoms with Crippen molar-refractivity contribution in [3.05, 3.63) is 29.3 Å². The van der Waals surface area contributed by atoms with E-state index in [2.05, 4.69) is 13.0 Å². The standard InChI is InChI=1S/C19H26O3/c1-19-8-7-13-12-4-3-11(22-2)9-15(12)17(20)10-14(13)16(19)5-6-18(19)21/h3-4,9,13-14,16-18,20-21H,5-8,10H2,1-2H3/t13-,14-,16+,17+,18+,19+/m1/s1. The molecule has 0 bridgehead atoms. The third-order valence-corrected chi connectivity index (χ3v) is 6.93. The molecule has 3 aliphatic rings. The van der Waals surface area contributed by atoms with E-state index in [-0.39, 0.29) is 11.5 Å². The monoisotopic (exact) mass is 302 g/mol. The Morgan fingerprint density at radius 2 is 1.95 bits per heavy atom. The van der Waals surface area contributed by atoms with Crippen molar-refractivity contribution < 1.29 is 14.9 Å². The van der Waals surface area contributed by atoms with Crippen LogP contribution in [-0.2, 0) is 0 Å². The number of hydrogen-bond acceptors (Lipinski definition) is 3. The molecule has 0 unspecified atom stereocenters. The zero-order chi connectivity index (χ0) is 15.5. The summed E-state index contributed by atoms with van der Waals surface area (Å²) < 4.78 is 5.32. The first kappa shape index (κ1) is 14.5. The second kappa shape index (κ2) is 4.97. The fraction of sp³-hybridized carbons (Fsp3) is 0.684. The summed E-state index contributed by atoms with van der Waals surface area (Å²) >= 11 is 0. The van der Waals surface area contributed by atoms with Gasteiger partial charge >= 0.3 is 0 Å². The molecule has 4 rings (SSSR count). The van der Waals surface area contributed by atoms with Crippen LogP contribution in [0.2, 0.25) is 0 Å². The van der Waals surface area contributed by atoms with Gasteiger partial charge in [0.15, 0.2) is 0 Å². The second-order valence-corrected chi connectivity index (χ2v) is 7.76. The lowest BCUT2D eigenvalue weighted by Crippen LogP contribution is -2.44. The maximum absolute atomic E-state index is 10.7. The minimum absolute atomic E-state index is 0.0604. The molecule has 2 fully saturated rings. The molecule has 2 N–H and O–H groups in total. The van der Waals surface area contributed by atoms with Crippen LogP contribution in [0.15, 0.2) is 18.2 Å². The number of aliphatic hydroxyl groups is 2. The first-order chi connectivity index (χ1) is 10.5. The van der Waals surface area contributed by atoms with Gasteiger partial charge in [-0.15, -0.1) is 0 Å². The number of aliphatic hydroxyl groups excluding tert-OH is 2. The van der Waals surface area contributed by atoms with Crippen LogP contribution in [0.1, 0.15) is 62.2 Å². The summed E-state index contributed by atoms with van der Waals surface area (Å²) in [4.78, 5) is 0. The van der Waals surface area contributed by atoms with Crippen LogP contribution >= 0.6 is 0 Å². The minimum Gasteiger partial charge on any atom is -0.497 e. The van der Waals surface area contributed by atoms with E-state index in [4.69, 9.17) is 4.74 Å². The lowest BCUT2D eigenvalue weighted by Gasteiger charge is -2.50. The Bertz CT molecular complexity index is 584. The highest BCUT2D eigenvalue weighted by Crippen LogP contribution is 2.62. The molecule has 3 aliphatic carbocycles. The molecule has 0 amide bonds. The smallest absolute Gasteiger partial charge is 0.119 e. The van der Waals surface area contributed by atoms with Gasteiger partial charge in [0.2, 0.25) is 0 Å². The molecule has 0 aliphatic heterocycles. The van der Waals surface area contributed by atoms with Gasteiger partial charge in [0.05, 0.1) is 19.3 Å². The van der Waals surface area contributed by atoms with E-state index < -0.39 is 6.10 Å². The number of methoxy groups -OCH3 is 1. The first-order valence-corrected chi connectivity index (χ1v) is 8.58. The van der Waals surface area contributed by atoms with Gasteiger partial charge in [0, 0.05) is 0 Å². The van der Waals surface area contributed by atoms with Gasteiger partial charge in [-0.1, -0.05) is 13.0 Å². The molecule has 1 aromatic rings. The van der Waals surface area contributed by atoms with Gasteiger partial charge in [-0.3, -0.25) is 0 Å². The molecular weight excluding hydrogens is 276 g/mol. The van der Waals surface area contributed by atoms with Crippen LogP contribution in [0.25, 0.3) is 0 Å². The third-order valence-electron chi connectivity index (χ3n) is 6.93. The molecule has 0 radical (unpaired) electrons. The minimum atomic E-state index is -0.397. The van der Waals surface area contributed by atoms with E-state index in [0.29, 0.717) is 17.8 Å². The Kier molecular flexibility index (Phi) is 3.28. The fourth-order valence-corrected chi connectivity index (χ4v) is 5.67. The molecule has 0 aromatic heterocycles. The zero-order valence-corrected chi connectivity index (χ0v) is 13.5. The molecule has 0 heterocycles. The van der Waals surface area contributed by atoms with Crippen molar-refractivity contribution in [2.75, 3.05) is 7.11 Å². The van der Waals surface area contributed by atoms with Gasteiger partial charge in [0.1, 0.15) is 5.75 Å². The van der Waals surface area contributed by atoms with Gasteiger partial charge in [0.25, 0.3) is 0 Å². The van der Waals surface area contributed by atoms with Crippen molar-refractivity contribution in [1.82, 2.24) is 0 Å². The molecule has 3 heteroatoms. The summed E-state index contributed by atoms with van der Waals surface area (Å²) in [7, 11) is 1.67. The average molecular weight is 302 g/mol. The highest BCUT2D eigenvalue weighted by atomic mass is 16.5. The fourth-order valence-electron chi connectivity index (χ4n) is 5.67. The van der Waals surface area contributed by atoms with Crippen molar-refractivity contribution in [3.8, 4) is 5.75 Å². The summed E-state index contributed by atoms with van der Waals surface area (Å²) in [5.74, 6) is 2.42. The molecule has 22 heavy (non-hydrogen) atoms. The molecule has 3 nitrogen and oxygen atoms in total. The molecule has 0 saturated heterocycles. The Morgan fingerprint density at radius 1 is 1.14 bits per heavy atom. The van der Waals surface area contributed by atoms with E-state index >= 15 is 0 Å². The highest BCUT2D eigenvalue weighted by Gasteiger charge is 2.55. The topological polar surface area (TPSA) is 49.7 Å². The lowest BCUT2D eigenvalue weighted by atomic mass is 9.55. The number of ether oxygens (including phenoxy) is 1. The van der Waals surface area contributed by atoms with Crippen LogP contribution in [0.5, 0.6) is 5.75 Å². The van der Waals surface area contributed by atoms with Gasteiger partial charge in [-0.05, 0) is 78.5 Å². The second-order valence-electron chi connectivity index (χ2n) is 7.76. The number of hydrogen-bond donors (Lipinski definition) is 2. The van der Waals surface area contributed by atoms with Gasteiger partial charge < -0.3 is 14.9 Å². The number of benzene rings is 1. The average Bonchev–Trinajstić information content (AvgIpc) is 2.83. The quantitative estimate of drug-likeness (QED) is 0.836.